The standard InChI is InChI=1S/C18H17NO3/c1-12-3-6-16(7-4-12)22-11-15-10-14-9-13(18(20)21)5-8-17(14)19(15)2/h3-10H,11H2,1-2H3,(H,20,21). The lowest BCUT2D eigenvalue weighted by molar-refractivity contribution is 0.0697. The number of benzene rings is 2. The van der Waals surface area contributed by atoms with Crippen LogP contribution in [0, 0.1) is 6.92 Å². The highest BCUT2D eigenvalue weighted by Crippen LogP contribution is 2.22. The van der Waals surface area contributed by atoms with Crippen LogP contribution >= 0.6 is 0 Å². The maximum Gasteiger partial charge on any atom is 0.335 e. The molecule has 0 aliphatic rings. The summed E-state index contributed by atoms with van der Waals surface area (Å²) in [5.74, 6) is -0.0923. The number of aromatic nitrogens is 1. The zero-order chi connectivity index (χ0) is 15.7. The highest BCUT2D eigenvalue weighted by molar-refractivity contribution is 5.94. The number of hydrogen-bond donors (Lipinski definition) is 1. The summed E-state index contributed by atoms with van der Waals surface area (Å²) < 4.78 is 7.82. The van der Waals surface area contributed by atoms with Crippen molar-refractivity contribution in [1.82, 2.24) is 4.57 Å². The second-order valence-electron chi connectivity index (χ2n) is 5.38. The molecule has 0 aliphatic heterocycles. The van der Waals surface area contributed by atoms with Gasteiger partial charge in [-0.15, -0.1) is 0 Å². The van der Waals surface area contributed by atoms with E-state index in [-0.39, 0.29) is 0 Å². The van der Waals surface area contributed by atoms with Crippen LogP contribution in [0.3, 0.4) is 0 Å². The highest BCUT2D eigenvalue weighted by Gasteiger charge is 2.09. The minimum absolute atomic E-state index is 0.295. The molecule has 112 valence electrons. The largest absolute Gasteiger partial charge is 0.487 e. The Morgan fingerprint density at radius 1 is 1.14 bits per heavy atom. The van der Waals surface area contributed by atoms with Crippen molar-refractivity contribution < 1.29 is 14.6 Å². The minimum atomic E-state index is -0.914. The van der Waals surface area contributed by atoms with E-state index in [1.807, 2.05) is 54.9 Å². The molecule has 0 radical (unpaired) electrons. The summed E-state index contributed by atoms with van der Waals surface area (Å²) >= 11 is 0. The number of aromatic carboxylic acids is 1. The molecule has 0 fully saturated rings. The van der Waals surface area contributed by atoms with Crippen LogP contribution in [0.25, 0.3) is 10.9 Å². The second-order valence-corrected chi connectivity index (χ2v) is 5.38. The number of hydrogen-bond acceptors (Lipinski definition) is 2. The summed E-state index contributed by atoms with van der Waals surface area (Å²) in [7, 11) is 1.95. The van der Waals surface area contributed by atoms with Gasteiger partial charge in [0.2, 0.25) is 0 Å². The smallest absolute Gasteiger partial charge is 0.335 e. The fourth-order valence-electron chi connectivity index (χ4n) is 2.47. The Bertz CT molecular complexity index is 831. The molecule has 1 N–H and O–H groups in total. The molecule has 1 heterocycles. The monoisotopic (exact) mass is 295 g/mol. The Balaban J connectivity index is 1.86. The van der Waals surface area contributed by atoms with Crippen LogP contribution in [0.15, 0.2) is 48.5 Å². The van der Waals surface area contributed by atoms with Gasteiger partial charge in [-0.2, -0.15) is 0 Å². The van der Waals surface area contributed by atoms with E-state index in [9.17, 15) is 4.79 Å². The van der Waals surface area contributed by atoms with Crippen molar-refractivity contribution in [2.75, 3.05) is 0 Å². The Morgan fingerprint density at radius 3 is 2.55 bits per heavy atom. The molecule has 0 aliphatic carbocycles. The highest BCUT2D eigenvalue weighted by atomic mass is 16.5. The average Bonchev–Trinajstić information content (AvgIpc) is 2.82. The summed E-state index contributed by atoms with van der Waals surface area (Å²) in [4.78, 5) is 11.0. The van der Waals surface area contributed by atoms with E-state index < -0.39 is 5.97 Å². The van der Waals surface area contributed by atoms with Gasteiger partial charge in [-0.3, -0.25) is 0 Å². The van der Waals surface area contributed by atoms with Gasteiger partial charge in [0.15, 0.2) is 0 Å². The quantitative estimate of drug-likeness (QED) is 0.797. The van der Waals surface area contributed by atoms with E-state index in [0.717, 1.165) is 22.3 Å². The maximum atomic E-state index is 11.0. The molecule has 4 heteroatoms. The predicted octanol–water partition coefficient (Wildman–Crippen LogP) is 3.76. The van der Waals surface area contributed by atoms with E-state index in [0.29, 0.717) is 12.2 Å². The molecule has 22 heavy (non-hydrogen) atoms. The van der Waals surface area contributed by atoms with E-state index in [1.54, 1.807) is 12.1 Å². The van der Waals surface area contributed by atoms with Gasteiger partial charge in [0, 0.05) is 18.0 Å². The topological polar surface area (TPSA) is 51.5 Å². The van der Waals surface area contributed by atoms with E-state index >= 15 is 0 Å². The lowest BCUT2D eigenvalue weighted by atomic mass is 10.1. The summed E-state index contributed by atoms with van der Waals surface area (Å²) in [5.41, 5.74) is 3.48. The number of carboxylic acids is 1. The Kier molecular flexibility index (Phi) is 3.59. The van der Waals surface area contributed by atoms with Crippen molar-refractivity contribution in [3.8, 4) is 5.75 Å². The van der Waals surface area contributed by atoms with Crippen LogP contribution in [0.4, 0.5) is 0 Å². The molecule has 3 aromatic rings. The van der Waals surface area contributed by atoms with Crippen LogP contribution in [0.1, 0.15) is 21.6 Å². The normalized spacial score (nSPS) is 10.8. The van der Waals surface area contributed by atoms with Crippen LogP contribution in [0.2, 0.25) is 0 Å². The summed E-state index contributed by atoms with van der Waals surface area (Å²) in [6.45, 7) is 2.48. The van der Waals surface area contributed by atoms with Crippen molar-refractivity contribution in [3.63, 3.8) is 0 Å². The molecular formula is C18H17NO3. The molecule has 0 unspecified atom stereocenters. The molecule has 0 saturated carbocycles. The van der Waals surface area contributed by atoms with Crippen molar-refractivity contribution >= 4 is 16.9 Å². The Morgan fingerprint density at radius 2 is 1.86 bits per heavy atom. The molecule has 0 saturated heterocycles. The van der Waals surface area contributed by atoms with E-state index in [1.165, 1.54) is 5.56 Å². The summed E-state index contributed by atoms with van der Waals surface area (Å²) in [6, 6.07) is 15.0. The molecule has 0 amide bonds. The maximum absolute atomic E-state index is 11.0. The van der Waals surface area contributed by atoms with Gasteiger partial charge in [0.1, 0.15) is 12.4 Å². The van der Waals surface area contributed by atoms with Crippen molar-refractivity contribution in [1.29, 1.82) is 0 Å². The molecule has 0 atom stereocenters. The second kappa shape index (κ2) is 5.56. The first kappa shape index (κ1) is 14.2. The third kappa shape index (κ3) is 2.68. The van der Waals surface area contributed by atoms with Gasteiger partial charge >= 0.3 is 5.97 Å². The van der Waals surface area contributed by atoms with Crippen molar-refractivity contribution in [3.05, 3.63) is 65.4 Å². The van der Waals surface area contributed by atoms with Crippen molar-refractivity contribution in [2.24, 2.45) is 7.05 Å². The first-order valence-corrected chi connectivity index (χ1v) is 7.06. The summed E-state index contributed by atoms with van der Waals surface area (Å²) in [6.07, 6.45) is 0. The van der Waals surface area contributed by atoms with Gasteiger partial charge in [0.25, 0.3) is 0 Å². The SMILES string of the molecule is Cc1ccc(OCc2cc3cc(C(=O)O)ccc3n2C)cc1. The number of aryl methyl sites for hydroxylation is 2. The molecule has 3 rings (SSSR count). The number of nitrogens with zero attached hydrogens (tertiary/aromatic N) is 1. The van der Waals surface area contributed by atoms with Gasteiger partial charge in [-0.25, -0.2) is 4.79 Å². The Hall–Kier alpha value is -2.75. The lowest BCUT2D eigenvalue weighted by Gasteiger charge is -2.07. The average molecular weight is 295 g/mol. The van der Waals surface area contributed by atoms with Crippen LogP contribution < -0.4 is 4.74 Å². The molecular weight excluding hydrogens is 278 g/mol. The fraction of sp³-hybridized carbons (Fsp3) is 0.167. The van der Waals surface area contributed by atoms with Gasteiger partial charge < -0.3 is 14.4 Å². The third-order valence-electron chi connectivity index (χ3n) is 3.80. The minimum Gasteiger partial charge on any atom is -0.487 e. The van der Waals surface area contributed by atoms with Gasteiger partial charge in [0.05, 0.1) is 11.3 Å². The third-order valence-corrected chi connectivity index (χ3v) is 3.80. The number of rotatable bonds is 4. The van der Waals surface area contributed by atoms with Crippen LogP contribution in [0.5, 0.6) is 5.75 Å². The first-order chi connectivity index (χ1) is 10.5. The van der Waals surface area contributed by atoms with Gasteiger partial charge in [-0.1, -0.05) is 17.7 Å². The molecule has 0 spiro atoms. The van der Waals surface area contributed by atoms with E-state index in [2.05, 4.69) is 0 Å². The zero-order valence-electron chi connectivity index (χ0n) is 12.5. The van der Waals surface area contributed by atoms with E-state index in [4.69, 9.17) is 9.84 Å². The Labute approximate surface area is 128 Å². The fourth-order valence-corrected chi connectivity index (χ4v) is 2.47. The molecule has 0 bridgehead atoms. The number of ether oxygens (including phenoxy) is 1. The van der Waals surface area contributed by atoms with Crippen LogP contribution in [-0.4, -0.2) is 15.6 Å². The summed E-state index contributed by atoms with van der Waals surface area (Å²) in [5, 5.41) is 9.97. The van der Waals surface area contributed by atoms with Gasteiger partial charge in [-0.05, 0) is 43.3 Å². The molecule has 2 aromatic carbocycles. The zero-order valence-corrected chi connectivity index (χ0v) is 12.5. The lowest BCUT2D eigenvalue weighted by Crippen LogP contribution is -2.01. The first-order valence-electron chi connectivity index (χ1n) is 7.06. The predicted molar refractivity (Wildman–Crippen MR) is 85.4 cm³/mol. The molecule has 1 aromatic heterocycles. The van der Waals surface area contributed by atoms with Crippen LogP contribution in [-0.2, 0) is 13.7 Å². The number of fused-ring (bicyclic) bond motifs is 1. The molecule has 4 nitrogen and oxygen atoms in total. The van der Waals surface area contributed by atoms with Crippen molar-refractivity contribution in [2.45, 2.75) is 13.5 Å². The number of carboxylic acid groups (broad SMARTS) is 1. The number of carbonyl (C=O) groups is 1.